The van der Waals surface area contributed by atoms with Gasteiger partial charge < -0.3 is 15.0 Å². The Morgan fingerprint density at radius 3 is 2.59 bits per heavy atom. The molecular weight excluding hydrogens is 404 g/mol. The van der Waals surface area contributed by atoms with E-state index in [4.69, 9.17) is 4.74 Å². The van der Waals surface area contributed by atoms with Crippen molar-refractivity contribution in [1.29, 1.82) is 0 Å². The second kappa shape index (κ2) is 10.6. The average Bonchev–Trinajstić information content (AvgIpc) is 3.19. The molecule has 1 unspecified atom stereocenters. The van der Waals surface area contributed by atoms with E-state index >= 15 is 0 Å². The highest BCUT2D eigenvalue weighted by Crippen LogP contribution is 2.21. The van der Waals surface area contributed by atoms with Gasteiger partial charge in [0.25, 0.3) is 5.91 Å². The van der Waals surface area contributed by atoms with E-state index in [2.05, 4.69) is 21.3 Å². The minimum atomic E-state index is -0.109. The lowest BCUT2D eigenvalue weighted by Gasteiger charge is -2.31. The largest absolute Gasteiger partial charge is 0.490 e. The topological polar surface area (TPSA) is 74.8 Å². The number of pyridine rings is 1. The van der Waals surface area contributed by atoms with E-state index in [0.717, 1.165) is 57.0 Å². The SMILES string of the molecule is CCN1CC(CNC(=O)c2ccc(OC3CCN(Cc4ccccn4)CC3)cc2)CC1=O. The molecule has 1 aromatic heterocycles. The fourth-order valence-electron chi connectivity index (χ4n) is 4.42. The summed E-state index contributed by atoms with van der Waals surface area (Å²) in [6.45, 7) is 6.81. The van der Waals surface area contributed by atoms with Gasteiger partial charge in [0.2, 0.25) is 5.91 Å². The van der Waals surface area contributed by atoms with Gasteiger partial charge in [-0.05, 0) is 56.2 Å². The monoisotopic (exact) mass is 436 g/mol. The van der Waals surface area contributed by atoms with Crippen LogP contribution in [0.1, 0.15) is 42.2 Å². The average molecular weight is 437 g/mol. The molecule has 0 spiro atoms. The highest BCUT2D eigenvalue weighted by molar-refractivity contribution is 5.94. The molecule has 0 aliphatic carbocycles. The zero-order valence-corrected chi connectivity index (χ0v) is 18.7. The van der Waals surface area contributed by atoms with E-state index in [1.807, 2.05) is 42.3 Å². The van der Waals surface area contributed by atoms with Gasteiger partial charge in [-0.2, -0.15) is 0 Å². The van der Waals surface area contributed by atoms with Gasteiger partial charge >= 0.3 is 0 Å². The summed E-state index contributed by atoms with van der Waals surface area (Å²) < 4.78 is 6.15. The summed E-state index contributed by atoms with van der Waals surface area (Å²) in [6, 6.07) is 13.4. The summed E-state index contributed by atoms with van der Waals surface area (Å²) in [7, 11) is 0. The summed E-state index contributed by atoms with van der Waals surface area (Å²) in [5.41, 5.74) is 1.71. The maximum atomic E-state index is 12.5. The zero-order valence-electron chi connectivity index (χ0n) is 18.7. The molecule has 2 aromatic rings. The van der Waals surface area contributed by atoms with E-state index in [1.165, 1.54) is 0 Å². The first-order chi connectivity index (χ1) is 15.6. The summed E-state index contributed by atoms with van der Waals surface area (Å²) in [6.07, 6.45) is 4.50. The number of nitrogens with zero attached hydrogens (tertiary/aromatic N) is 3. The molecule has 170 valence electrons. The van der Waals surface area contributed by atoms with Crippen molar-refractivity contribution in [3.8, 4) is 5.75 Å². The molecule has 1 atom stereocenters. The quantitative estimate of drug-likeness (QED) is 0.689. The third kappa shape index (κ3) is 5.85. The van der Waals surface area contributed by atoms with Crippen molar-refractivity contribution in [3.63, 3.8) is 0 Å². The molecule has 7 heteroatoms. The van der Waals surface area contributed by atoms with Crippen LogP contribution in [-0.4, -0.2) is 65.4 Å². The van der Waals surface area contributed by atoms with Crippen molar-refractivity contribution in [3.05, 3.63) is 59.9 Å². The lowest BCUT2D eigenvalue weighted by atomic mass is 10.1. The highest BCUT2D eigenvalue weighted by Gasteiger charge is 2.28. The van der Waals surface area contributed by atoms with Gasteiger partial charge in [0.05, 0.1) is 5.69 Å². The van der Waals surface area contributed by atoms with Crippen LogP contribution in [0.4, 0.5) is 0 Å². The normalized spacial score (nSPS) is 19.8. The zero-order chi connectivity index (χ0) is 22.3. The van der Waals surface area contributed by atoms with Crippen LogP contribution in [0.3, 0.4) is 0 Å². The summed E-state index contributed by atoms with van der Waals surface area (Å²) in [4.78, 5) is 32.9. The van der Waals surface area contributed by atoms with Crippen LogP contribution in [0, 0.1) is 5.92 Å². The van der Waals surface area contributed by atoms with Crippen LogP contribution in [0.25, 0.3) is 0 Å². The molecular formula is C25H32N4O3. The Bertz CT molecular complexity index is 895. The fourth-order valence-corrected chi connectivity index (χ4v) is 4.42. The van der Waals surface area contributed by atoms with Crippen LogP contribution in [-0.2, 0) is 11.3 Å². The lowest BCUT2D eigenvalue weighted by Crippen LogP contribution is -2.38. The lowest BCUT2D eigenvalue weighted by molar-refractivity contribution is -0.127. The van der Waals surface area contributed by atoms with Crippen molar-refractivity contribution in [2.75, 3.05) is 32.7 Å². The number of rotatable bonds is 8. The van der Waals surface area contributed by atoms with Crippen molar-refractivity contribution >= 4 is 11.8 Å². The first-order valence-electron chi connectivity index (χ1n) is 11.6. The molecule has 0 radical (unpaired) electrons. The van der Waals surface area contributed by atoms with Crippen molar-refractivity contribution < 1.29 is 14.3 Å². The predicted octanol–water partition coefficient (Wildman–Crippen LogP) is 2.72. The van der Waals surface area contributed by atoms with Gasteiger partial charge in [-0.1, -0.05) is 6.07 Å². The Kier molecular flexibility index (Phi) is 7.37. The first-order valence-corrected chi connectivity index (χ1v) is 11.6. The molecule has 4 rings (SSSR count). The van der Waals surface area contributed by atoms with Gasteiger partial charge in [-0.3, -0.25) is 19.5 Å². The molecule has 0 saturated carbocycles. The number of aromatic nitrogens is 1. The standard InChI is InChI=1S/C25H32N4O3/c1-2-29-17-19(15-24(29)30)16-27-25(31)20-6-8-22(9-7-20)32-23-10-13-28(14-11-23)18-21-5-3-4-12-26-21/h3-9,12,19,23H,2,10-11,13-18H2,1H3,(H,27,31). The van der Waals surface area contributed by atoms with E-state index in [-0.39, 0.29) is 23.8 Å². The number of hydrogen-bond acceptors (Lipinski definition) is 5. The Labute approximate surface area is 189 Å². The minimum Gasteiger partial charge on any atom is -0.490 e. The summed E-state index contributed by atoms with van der Waals surface area (Å²) >= 11 is 0. The Hall–Kier alpha value is -2.93. The molecule has 2 amide bonds. The van der Waals surface area contributed by atoms with Crippen molar-refractivity contribution in [2.45, 2.75) is 38.8 Å². The molecule has 2 fully saturated rings. The minimum absolute atomic E-state index is 0.109. The summed E-state index contributed by atoms with van der Waals surface area (Å²) in [5, 5.41) is 2.96. The molecule has 0 bridgehead atoms. The second-order valence-electron chi connectivity index (χ2n) is 8.65. The van der Waals surface area contributed by atoms with E-state index in [0.29, 0.717) is 18.5 Å². The summed E-state index contributed by atoms with van der Waals surface area (Å²) in [5.74, 6) is 1.06. The first kappa shape index (κ1) is 22.3. The molecule has 2 saturated heterocycles. The molecule has 32 heavy (non-hydrogen) atoms. The van der Waals surface area contributed by atoms with Crippen LogP contribution < -0.4 is 10.1 Å². The van der Waals surface area contributed by atoms with E-state index < -0.39 is 0 Å². The van der Waals surface area contributed by atoms with Crippen molar-refractivity contribution in [1.82, 2.24) is 20.1 Å². The van der Waals surface area contributed by atoms with Gasteiger partial charge in [0.1, 0.15) is 11.9 Å². The fraction of sp³-hybridized carbons (Fsp3) is 0.480. The van der Waals surface area contributed by atoms with E-state index in [9.17, 15) is 9.59 Å². The maximum Gasteiger partial charge on any atom is 0.251 e. The van der Waals surface area contributed by atoms with Crippen LogP contribution in [0.5, 0.6) is 5.75 Å². The molecule has 1 aromatic carbocycles. The molecule has 3 heterocycles. The van der Waals surface area contributed by atoms with E-state index in [1.54, 1.807) is 12.1 Å². The third-order valence-corrected chi connectivity index (χ3v) is 6.29. The van der Waals surface area contributed by atoms with Gasteiger partial charge in [-0.25, -0.2) is 0 Å². The Morgan fingerprint density at radius 1 is 1.16 bits per heavy atom. The number of ether oxygens (including phenoxy) is 1. The van der Waals surface area contributed by atoms with Gasteiger partial charge in [0, 0.05) is 63.4 Å². The molecule has 1 N–H and O–H groups in total. The Morgan fingerprint density at radius 2 is 1.94 bits per heavy atom. The number of likely N-dealkylation sites (tertiary alicyclic amines) is 2. The number of benzene rings is 1. The maximum absolute atomic E-state index is 12.5. The number of carbonyl (C=O) groups excluding carboxylic acids is 2. The number of piperidine rings is 1. The number of carbonyl (C=O) groups is 2. The van der Waals surface area contributed by atoms with Gasteiger partial charge in [-0.15, -0.1) is 0 Å². The molecule has 2 aliphatic rings. The third-order valence-electron chi connectivity index (χ3n) is 6.29. The van der Waals surface area contributed by atoms with Crippen LogP contribution in [0.2, 0.25) is 0 Å². The predicted molar refractivity (Wildman–Crippen MR) is 122 cm³/mol. The smallest absolute Gasteiger partial charge is 0.251 e. The number of nitrogens with one attached hydrogen (secondary N) is 1. The molecule has 7 nitrogen and oxygen atoms in total. The van der Waals surface area contributed by atoms with Crippen LogP contribution in [0.15, 0.2) is 48.7 Å². The molecule has 2 aliphatic heterocycles. The number of hydrogen-bond donors (Lipinski definition) is 1. The number of amides is 2. The van der Waals surface area contributed by atoms with Crippen molar-refractivity contribution in [2.24, 2.45) is 5.92 Å². The van der Waals surface area contributed by atoms with Crippen LogP contribution >= 0.6 is 0 Å². The highest BCUT2D eigenvalue weighted by atomic mass is 16.5. The second-order valence-corrected chi connectivity index (χ2v) is 8.65. The Balaban J connectivity index is 1.19. The van der Waals surface area contributed by atoms with Gasteiger partial charge in [0.15, 0.2) is 0 Å².